The average Bonchev–Trinajstić information content (AvgIpc) is 2.08. The third kappa shape index (κ3) is 2.82. The van der Waals surface area contributed by atoms with Crippen LogP contribution < -0.4 is 5.73 Å². The zero-order valence-electron chi connectivity index (χ0n) is 9.62. The van der Waals surface area contributed by atoms with Crippen LogP contribution in [0.3, 0.4) is 0 Å². The van der Waals surface area contributed by atoms with Gasteiger partial charge in [0, 0.05) is 11.6 Å². The number of nitrogens with two attached hydrogens (primary N) is 1. The molecular weight excluding hydrogens is 174 g/mol. The second kappa shape index (κ2) is 4.58. The van der Waals surface area contributed by atoms with E-state index in [9.17, 15) is 0 Å². The Hall–Kier alpha value is -0.860. The summed E-state index contributed by atoms with van der Waals surface area (Å²) in [4.78, 5) is 0. The van der Waals surface area contributed by atoms with Gasteiger partial charge in [0.1, 0.15) is 5.84 Å². The summed E-state index contributed by atoms with van der Waals surface area (Å²) in [6.07, 6.45) is 2.16. The fourth-order valence-corrected chi connectivity index (χ4v) is 1.82. The van der Waals surface area contributed by atoms with Gasteiger partial charge in [-0.05, 0) is 24.7 Å². The predicted molar refractivity (Wildman–Crippen MR) is 61.5 cm³/mol. The molecule has 0 fully saturated rings. The second-order valence-electron chi connectivity index (χ2n) is 4.75. The Morgan fingerprint density at radius 3 is 2.50 bits per heavy atom. The first-order valence-corrected chi connectivity index (χ1v) is 5.40. The van der Waals surface area contributed by atoms with Crippen molar-refractivity contribution in [2.45, 2.75) is 40.5 Å². The van der Waals surface area contributed by atoms with Crippen molar-refractivity contribution in [3.05, 3.63) is 0 Å². The fraction of sp³-hybridized carbons (Fsp3) is 0.818. The summed E-state index contributed by atoms with van der Waals surface area (Å²) in [7, 11) is 0. The van der Waals surface area contributed by atoms with Crippen molar-refractivity contribution in [3.8, 4) is 0 Å². The zero-order chi connectivity index (χ0) is 10.7. The van der Waals surface area contributed by atoms with E-state index < -0.39 is 0 Å². The fourth-order valence-electron chi connectivity index (χ4n) is 1.82. The van der Waals surface area contributed by atoms with Crippen LogP contribution in [0.2, 0.25) is 0 Å². The molecule has 2 unspecified atom stereocenters. The molecule has 1 aliphatic heterocycles. The van der Waals surface area contributed by atoms with Gasteiger partial charge in [0.25, 0.3) is 0 Å². The molecule has 0 aromatic carbocycles. The maximum Gasteiger partial charge on any atom is 0.125 e. The van der Waals surface area contributed by atoms with Gasteiger partial charge in [-0.25, -0.2) is 0 Å². The van der Waals surface area contributed by atoms with Crippen molar-refractivity contribution >= 4 is 11.5 Å². The molecule has 80 valence electrons. The van der Waals surface area contributed by atoms with Crippen LogP contribution in [0.25, 0.3) is 0 Å². The molecule has 0 saturated heterocycles. The molecular formula is C11H21N3. The number of nitrogens with zero attached hydrogens (tertiary/aromatic N) is 2. The van der Waals surface area contributed by atoms with Crippen LogP contribution >= 0.6 is 0 Å². The largest absolute Gasteiger partial charge is 0.385 e. The van der Waals surface area contributed by atoms with Crippen LogP contribution in [0.5, 0.6) is 0 Å². The average molecular weight is 195 g/mol. The minimum Gasteiger partial charge on any atom is -0.385 e. The van der Waals surface area contributed by atoms with Crippen molar-refractivity contribution in [2.24, 2.45) is 33.7 Å². The van der Waals surface area contributed by atoms with Crippen LogP contribution in [-0.2, 0) is 0 Å². The summed E-state index contributed by atoms with van der Waals surface area (Å²) in [6.45, 7) is 8.81. The highest BCUT2D eigenvalue weighted by molar-refractivity contribution is 5.95. The number of hydrogen-bond acceptors (Lipinski definition) is 3. The Bertz CT molecular complexity index is 253. The minimum absolute atomic E-state index is 0.358. The summed E-state index contributed by atoms with van der Waals surface area (Å²) in [5.41, 5.74) is 6.89. The van der Waals surface area contributed by atoms with Crippen molar-refractivity contribution in [3.63, 3.8) is 0 Å². The third-order valence-corrected chi connectivity index (χ3v) is 2.71. The quantitative estimate of drug-likeness (QED) is 0.738. The molecule has 1 rings (SSSR count). The van der Waals surface area contributed by atoms with Gasteiger partial charge in [-0.15, -0.1) is 5.10 Å². The van der Waals surface area contributed by atoms with E-state index >= 15 is 0 Å². The van der Waals surface area contributed by atoms with E-state index in [0.29, 0.717) is 23.6 Å². The monoisotopic (exact) mass is 195 g/mol. The smallest absolute Gasteiger partial charge is 0.125 e. The molecule has 0 aromatic heterocycles. The first-order valence-electron chi connectivity index (χ1n) is 5.40. The van der Waals surface area contributed by atoms with Crippen LogP contribution in [0.4, 0.5) is 0 Å². The maximum absolute atomic E-state index is 5.68. The van der Waals surface area contributed by atoms with E-state index in [4.69, 9.17) is 5.73 Å². The SMILES string of the molecule is CC(C)CC(C)C1=NN=C(N)C(C)C1. The Morgan fingerprint density at radius 2 is 2.00 bits per heavy atom. The van der Waals surface area contributed by atoms with Crippen LogP contribution in [0.15, 0.2) is 10.2 Å². The normalized spacial score (nSPS) is 24.5. The first-order chi connectivity index (χ1) is 6.50. The summed E-state index contributed by atoms with van der Waals surface area (Å²) < 4.78 is 0. The van der Waals surface area contributed by atoms with Crippen LogP contribution in [0.1, 0.15) is 40.5 Å². The molecule has 0 bridgehead atoms. The molecule has 2 N–H and O–H groups in total. The number of amidine groups is 1. The van der Waals surface area contributed by atoms with E-state index in [0.717, 1.165) is 6.42 Å². The Labute approximate surface area is 86.5 Å². The summed E-state index contributed by atoms with van der Waals surface area (Å²) in [5, 5.41) is 8.20. The van der Waals surface area contributed by atoms with Crippen molar-refractivity contribution in [1.82, 2.24) is 0 Å². The van der Waals surface area contributed by atoms with Crippen molar-refractivity contribution in [2.75, 3.05) is 0 Å². The summed E-state index contributed by atoms with van der Waals surface area (Å²) in [6, 6.07) is 0. The molecule has 1 aliphatic rings. The Balaban J connectivity index is 2.61. The van der Waals surface area contributed by atoms with E-state index in [1.54, 1.807) is 0 Å². The number of rotatable bonds is 3. The molecule has 3 nitrogen and oxygen atoms in total. The van der Waals surface area contributed by atoms with E-state index in [-0.39, 0.29) is 0 Å². The molecule has 1 heterocycles. The molecule has 2 atom stereocenters. The zero-order valence-corrected chi connectivity index (χ0v) is 9.62. The number of hydrogen-bond donors (Lipinski definition) is 1. The molecule has 0 spiro atoms. The second-order valence-corrected chi connectivity index (χ2v) is 4.75. The third-order valence-electron chi connectivity index (χ3n) is 2.71. The molecule has 3 heteroatoms. The van der Waals surface area contributed by atoms with Gasteiger partial charge in [-0.2, -0.15) is 5.10 Å². The van der Waals surface area contributed by atoms with Gasteiger partial charge in [0.2, 0.25) is 0 Å². The first kappa shape index (κ1) is 11.2. The topological polar surface area (TPSA) is 50.7 Å². The summed E-state index contributed by atoms with van der Waals surface area (Å²) in [5.74, 6) is 2.28. The van der Waals surface area contributed by atoms with Crippen molar-refractivity contribution in [1.29, 1.82) is 0 Å². The van der Waals surface area contributed by atoms with Gasteiger partial charge < -0.3 is 5.73 Å². The van der Waals surface area contributed by atoms with E-state index in [2.05, 4.69) is 37.9 Å². The standard InChI is InChI=1S/C11H21N3/c1-7(2)5-8(3)10-6-9(4)11(12)14-13-10/h7-9H,5-6H2,1-4H3,(H2,12,14). The Kier molecular flexibility index (Phi) is 3.67. The molecule has 0 radical (unpaired) electrons. The predicted octanol–water partition coefficient (Wildman–Crippen LogP) is 2.42. The lowest BCUT2D eigenvalue weighted by molar-refractivity contribution is 0.511. The van der Waals surface area contributed by atoms with E-state index in [1.807, 2.05) is 0 Å². The lowest BCUT2D eigenvalue weighted by Gasteiger charge is -2.21. The van der Waals surface area contributed by atoms with Crippen molar-refractivity contribution < 1.29 is 0 Å². The minimum atomic E-state index is 0.358. The summed E-state index contributed by atoms with van der Waals surface area (Å²) >= 11 is 0. The molecule has 0 amide bonds. The van der Waals surface area contributed by atoms with Crippen LogP contribution in [-0.4, -0.2) is 11.5 Å². The van der Waals surface area contributed by atoms with Crippen LogP contribution in [0, 0.1) is 17.8 Å². The highest BCUT2D eigenvalue weighted by Crippen LogP contribution is 2.20. The van der Waals surface area contributed by atoms with Gasteiger partial charge >= 0.3 is 0 Å². The maximum atomic E-state index is 5.68. The lowest BCUT2D eigenvalue weighted by Crippen LogP contribution is -2.29. The van der Waals surface area contributed by atoms with Gasteiger partial charge in [0.05, 0.1) is 0 Å². The van der Waals surface area contributed by atoms with E-state index in [1.165, 1.54) is 12.1 Å². The molecule has 14 heavy (non-hydrogen) atoms. The Morgan fingerprint density at radius 1 is 1.36 bits per heavy atom. The molecule has 0 aromatic rings. The van der Waals surface area contributed by atoms with Gasteiger partial charge in [0.15, 0.2) is 0 Å². The highest BCUT2D eigenvalue weighted by Gasteiger charge is 2.20. The van der Waals surface area contributed by atoms with Gasteiger partial charge in [-0.3, -0.25) is 0 Å². The lowest BCUT2D eigenvalue weighted by atomic mass is 9.89. The molecule has 0 saturated carbocycles. The van der Waals surface area contributed by atoms with Gasteiger partial charge in [-0.1, -0.05) is 27.7 Å². The highest BCUT2D eigenvalue weighted by atomic mass is 15.2. The molecule has 0 aliphatic carbocycles.